The molecule has 5 heteroatoms. The number of piperidine rings is 1. The first-order valence-electron chi connectivity index (χ1n) is 7.97. The number of hydrogen-bond acceptors (Lipinski definition) is 4. The average molecular weight is 311 g/mol. The fourth-order valence-electron chi connectivity index (χ4n) is 2.67. The van der Waals surface area contributed by atoms with Crippen LogP contribution in [0.5, 0.6) is 11.6 Å². The molecule has 2 heterocycles. The van der Waals surface area contributed by atoms with Gasteiger partial charge in [-0.25, -0.2) is 4.98 Å². The van der Waals surface area contributed by atoms with E-state index in [4.69, 9.17) is 4.74 Å². The van der Waals surface area contributed by atoms with Gasteiger partial charge in [0.2, 0.25) is 11.8 Å². The summed E-state index contributed by atoms with van der Waals surface area (Å²) in [6.07, 6.45) is 4.38. The van der Waals surface area contributed by atoms with Crippen LogP contribution in [0.2, 0.25) is 0 Å². The molecular formula is C18H21N3O2. The molecule has 0 spiro atoms. The van der Waals surface area contributed by atoms with Gasteiger partial charge in [0.25, 0.3) is 0 Å². The number of aromatic nitrogens is 1. The zero-order chi connectivity index (χ0) is 15.9. The second-order valence-corrected chi connectivity index (χ2v) is 5.71. The zero-order valence-corrected chi connectivity index (χ0v) is 13.0. The van der Waals surface area contributed by atoms with E-state index in [9.17, 15) is 4.79 Å². The molecular weight excluding hydrogens is 290 g/mol. The van der Waals surface area contributed by atoms with Crippen LogP contribution in [0, 0.1) is 0 Å². The van der Waals surface area contributed by atoms with Gasteiger partial charge < -0.3 is 15.4 Å². The molecule has 2 aromatic rings. The highest BCUT2D eigenvalue weighted by Gasteiger charge is 2.17. The van der Waals surface area contributed by atoms with Crippen LogP contribution in [-0.4, -0.2) is 23.5 Å². The summed E-state index contributed by atoms with van der Waals surface area (Å²) in [5.41, 5.74) is 1.14. The third kappa shape index (κ3) is 4.79. The number of amides is 1. The zero-order valence-electron chi connectivity index (χ0n) is 13.0. The number of benzene rings is 1. The Labute approximate surface area is 136 Å². The summed E-state index contributed by atoms with van der Waals surface area (Å²) in [5.74, 6) is 1.52. The summed E-state index contributed by atoms with van der Waals surface area (Å²) >= 11 is 0. The first-order valence-corrected chi connectivity index (χ1v) is 7.97. The lowest BCUT2D eigenvalue weighted by molar-refractivity contribution is -0.123. The predicted octanol–water partition coefficient (Wildman–Crippen LogP) is 2.63. The number of nitrogens with one attached hydrogen (secondary N) is 2. The maximum absolute atomic E-state index is 11.4. The minimum Gasteiger partial charge on any atom is -0.439 e. The molecule has 1 atom stereocenters. The number of nitrogens with zero attached hydrogens (tertiary/aromatic N) is 1. The number of carbonyl (C=O) groups is 1. The average Bonchev–Trinajstić information content (AvgIpc) is 2.56. The summed E-state index contributed by atoms with van der Waals surface area (Å²) in [5, 5.41) is 6.41. The van der Waals surface area contributed by atoms with Gasteiger partial charge in [-0.3, -0.25) is 4.79 Å². The second-order valence-electron chi connectivity index (χ2n) is 5.71. The Bertz CT molecular complexity index is 646. The standard InChI is InChI=1S/C18H21N3O2/c22-17-8-4-6-15(21-17)13-19-12-14-5-3-7-16(11-14)23-18-9-1-2-10-20-18/h1-3,5,7,9-11,15,19H,4,6,8,12-13H2,(H,21,22)/t15-/m1/s1. The van der Waals surface area contributed by atoms with Crippen LogP contribution >= 0.6 is 0 Å². The Morgan fingerprint density at radius 1 is 1.26 bits per heavy atom. The largest absolute Gasteiger partial charge is 0.439 e. The Morgan fingerprint density at radius 3 is 3.04 bits per heavy atom. The predicted molar refractivity (Wildman–Crippen MR) is 88.2 cm³/mol. The maximum Gasteiger partial charge on any atom is 0.220 e. The summed E-state index contributed by atoms with van der Waals surface area (Å²) in [6.45, 7) is 1.53. The van der Waals surface area contributed by atoms with Gasteiger partial charge in [0.1, 0.15) is 5.75 Å². The fourth-order valence-corrected chi connectivity index (χ4v) is 2.67. The van der Waals surface area contributed by atoms with Crippen molar-refractivity contribution in [2.24, 2.45) is 0 Å². The molecule has 1 amide bonds. The van der Waals surface area contributed by atoms with Crippen LogP contribution in [-0.2, 0) is 11.3 Å². The minimum atomic E-state index is 0.161. The number of carbonyl (C=O) groups excluding carboxylic acids is 1. The number of ether oxygens (including phenoxy) is 1. The SMILES string of the molecule is O=C1CCC[C@H](CNCc2cccc(Oc3ccccn3)c2)N1. The van der Waals surface area contributed by atoms with Crippen LogP contribution in [0.1, 0.15) is 24.8 Å². The van der Waals surface area contributed by atoms with E-state index in [-0.39, 0.29) is 11.9 Å². The normalized spacial score (nSPS) is 17.6. The third-order valence-corrected chi connectivity index (χ3v) is 3.80. The van der Waals surface area contributed by atoms with Crippen molar-refractivity contribution in [1.29, 1.82) is 0 Å². The molecule has 1 aromatic heterocycles. The smallest absolute Gasteiger partial charge is 0.220 e. The molecule has 1 fully saturated rings. The lowest BCUT2D eigenvalue weighted by atomic mass is 10.0. The third-order valence-electron chi connectivity index (χ3n) is 3.80. The molecule has 2 N–H and O–H groups in total. The van der Waals surface area contributed by atoms with E-state index in [0.717, 1.165) is 37.2 Å². The van der Waals surface area contributed by atoms with Gasteiger partial charge in [-0.15, -0.1) is 0 Å². The van der Waals surface area contributed by atoms with Crippen molar-refractivity contribution in [2.75, 3.05) is 6.54 Å². The molecule has 0 unspecified atom stereocenters. The Morgan fingerprint density at radius 2 is 2.22 bits per heavy atom. The van der Waals surface area contributed by atoms with Gasteiger partial charge in [0.05, 0.1) is 0 Å². The molecule has 1 aliphatic heterocycles. The van der Waals surface area contributed by atoms with E-state index < -0.39 is 0 Å². The van der Waals surface area contributed by atoms with Crippen molar-refractivity contribution < 1.29 is 9.53 Å². The highest BCUT2D eigenvalue weighted by Crippen LogP contribution is 2.20. The van der Waals surface area contributed by atoms with E-state index in [2.05, 4.69) is 21.7 Å². The molecule has 23 heavy (non-hydrogen) atoms. The minimum absolute atomic E-state index is 0.161. The quantitative estimate of drug-likeness (QED) is 0.861. The van der Waals surface area contributed by atoms with Crippen molar-refractivity contribution in [3.8, 4) is 11.6 Å². The van der Waals surface area contributed by atoms with E-state index in [1.54, 1.807) is 6.20 Å². The molecule has 3 rings (SSSR count). The van der Waals surface area contributed by atoms with Crippen molar-refractivity contribution in [1.82, 2.24) is 15.6 Å². The molecule has 1 aromatic carbocycles. The van der Waals surface area contributed by atoms with Crippen molar-refractivity contribution in [2.45, 2.75) is 31.8 Å². The van der Waals surface area contributed by atoms with Crippen molar-refractivity contribution >= 4 is 5.91 Å². The fraction of sp³-hybridized carbons (Fsp3) is 0.333. The van der Waals surface area contributed by atoms with E-state index >= 15 is 0 Å². The van der Waals surface area contributed by atoms with Gasteiger partial charge in [-0.2, -0.15) is 0 Å². The van der Waals surface area contributed by atoms with Crippen LogP contribution in [0.15, 0.2) is 48.7 Å². The first kappa shape index (κ1) is 15.5. The van der Waals surface area contributed by atoms with Crippen LogP contribution in [0.4, 0.5) is 0 Å². The summed E-state index contributed by atoms with van der Waals surface area (Å²) in [4.78, 5) is 15.5. The number of hydrogen-bond donors (Lipinski definition) is 2. The molecule has 5 nitrogen and oxygen atoms in total. The van der Waals surface area contributed by atoms with Crippen LogP contribution < -0.4 is 15.4 Å². The maximum atomic E-state index is 11.4. The summed E-state index contributed by atoms with van der Waals surface area (Å²) in [7, 11) is 0. The molecule has 1 saturated heterocycles. The summed E-state index contributed by atoms with van der Waals surface area (Å²) < 4.78 is 5.73. The van der Waals surface area contributed by atoms with Crippen molar-refractivity contribution in [3.05, 3.63) is 54.2 Å². The molecule has 0 radical (unpaired) electrons. The lowest BCUT2D eigenvalue weighted by Gasteiger charge is -2.23. The van der Waals surface area contributed by atoms with Crippen molar-refractivity contribution in [3.63, 3.8) is 0 Å². The number of pyridine rings is 1. The monoisotopic (exact) mass is 311 g/mol. The lowest BCUT2D eigenvalue weighted by Crippen LogP contribution is -2.44. The molecule has 1 aliphatic rings. The van der Waals surface area contributed by atoms with E-state index in [1.165, 1.54) is 0 Å². The highest BCUT2D eigenvalue weighted by molar-refractivity contribution is 5.76. The Hall–Kier alpha value is -2.40. The molecule has 0 saturated carbocycles. The van der Waals surface area contributed by atoms with Gasteiger partial charge >= 0.3 is 0 Å². The second kappa shape index (κ2) is 7.74. The molecule has 0 aliphatic carbocycles. The first-order chi connectivity index (χ1) is 11.3. The summed E-state index contributed by atoms with van der Waals surface area (Å²) in [6, 6.07) is 13.8. The van der Waals surface area contributed by atoms with Gasteiger partial charge in [-0.1, -0.05) is 18.2 Å². The van der Waals surface area contributed by atoms with Crippen LogP contribution in [0.25, 0.3) is 0 Å². The van der Waals surface area contributed by atoms with E-state index in [1.807, 2.05) is 36.4 Å². The highest BCUT2D eigenvalue weighted by atomic mass is 16.5. The van der Waals surface area contributed by atoms with E-state index in [0.29, 0.717) is 12.3 Å². The Kier molecular flexibility index (Phi) is 5.21. The molecule has 120 valence electrons. The Balaban J connectivity index is 1.50. The topological polar surface area (TPSA) is 63.2 Å². The number of rotatable bonds is 6. The molecule has 0 bridgehead atoms. The van der Waals surface area contributed by atoms with Gasteiger partial charge in [-0.05, 0) is 36.6 Å². The van der Waals surface area contributed by atoms with Crippen LogP contribution in [0.3, 0.4) is 0 Å². The van der Waals surface area contributed by atoms with Gasteiger partial charge in [0, 0.05) is 37.8 Å². The van der Waals surface area contributed by atoms with Gasteiger partial charge in [0.15, 0.2) is 0 Å².